The summed E-state index contributed by atoms with van der Waals surface area (Å²) in [6.45, 7) is 2.03. The quantitative estimate of drug-likeness (QED) is 0.826. The van der Waals surface area contributed by atoms with Crippen molar-refractivity contribution < 1.29 is 14.9 Å². The molecule has 0 aromatic heterocycles. The van der Waals surface area contributed by atoms with Crippen LogP contribution in [0.2, 0.25) is 0 Å². The van der Waals surface area contributed by atoms with Crippen molar-refractivity contribution in [2.45, 2.75) is 44.0 Å². The van der Waals surface area contributed by atoms with E-state index >= 15 is 0 Å². The average Bonchev–Trinajstić information content (AvgIpc) is 2.68. The van der Waals surface area contributed by atoms with Gasteiger partial charge in [0.05, 0.1) is 6.07 Å². The Morgan fingerprint density at radius 2 is 1.60 bits per heavy atom. The number of benzene rings is 2. The van der Waals surface area contributed by atoms with E-state index in [0.717, 1.165) is 24.0 Å². The van der Waals surface area contributed by atoms with Crippen molar-refractivity contribution in [3.8, 4) is 6.07 Å². The van der Waals surface area contributed by atoms with Crippen molar-refractivity contribution in [3.05, 3.63) is 71.8 Å². The zero-order valence-electron chi connectivity index (χ0n) is 14.4. The molecule has 1 aliphatic heterocycles. The average molecular weight is 337 g/mol. The van der Waals surface area contributed by atoms with E-state index < -0.39 is 17.3 Å². The largest absolute Gasteiger partial charge is 0.362 e. The summed E-state index contributed by atoms with van der Waals surface area (Å²) in [4.78, 5) is 11.4. The lowest BCUT2D eigenvalue weighted by molar-refractivity contribution is -0.494. The molecule has 4 nitrogen and oxygen atoms in total. The van der Waals surface area contributed by atoms with Crippen molar-refractivity contribution in [3.63, 3.8) is 0 Å². The van der Waals surface area contributed by atoms with Crippen molar-refractivity contribution >= 4 is 0 Å². The van der Waals surface area contributed by atoms with Crippen molar-refractivity contribution in [2.24, 2.45) is 5.92 Å². The van der Waals surface area contributed by atoms with E-state index in [4.69, 9.17) is 9.78 Å². The van der Waals surface area contributed by atoms with Gasteiger partial charge in [0.25, 0.3) is 0 Å². The van der Waals surface area contributed by atoms with E-state index in [0.29, 0.717) is 12.8 Å². The minimum Gasteiger partial charge on any atom is -0.362 e. The molecule has 1 N–H and O–H groups in total. The fourth-order valence-corrected chi connectivity index (χ4v) is 3.39. The first-order valence-corrected chi connectivity index (χ1v) is 8.74. The number of hydrogen-bond acceptors (Lipinski definition) is 4. The van der Waals surface area contributed by atoms with Crippen molar-refractivity contribution in [2.75, 3.05) is 0 Å². The number of unbranched alkanes of at least 4 members (excludes halogenated alkanes) is 1. The molecule has 0 saturated carbocycles. The summed E-state index contributed by atoms with van der Waals surface area (Å²) in [6.07, 6.45) is 2.38. The second kappa shape index (κ2) is 7.37. The zero-order chi connectivity index (χ0) is 17.8. The first-order chi connectivity index (χ1) is 12.1. The number of rotatable bonds is 5. The Labute approximate surface area is 148 Å². The molecule has 1 saturated heterocycles. The Bertz CT molecular complexity index is 686. The molecule has 2 aromatic carbocycles. The molecular formula is C21H23NO3. The van der Waals surface area contributed by atoms with Crippen LogP contribution in [0.1, 0.15) is 43.7 Å². The standard InChI is InChI=1S/C21H23NO3/c1-2-3-14-21(23)19(16-22)15-20(24-25-21,17-10-6-4-7-11-17)18-12-8-5-9-13-18/h4-13,19,23H,2-3,14-15H2,1H3. The molecule has 2 atom stereocenters. The van der Waals surface area contributed by atoms with Crippen molar-refractivity contribution in [1.29, 1.82) is 5.26 Å². The molecule has 2 aromatic rings. The summed E-state index contributed by atoms with van der Waals surface area (Å²) < 4.78 is 0. The molecule has 2 unspecified atom stereocenters. The third-order valence-electron chi connectivity index (χ3n) is 4.89. The predicted octanol–water partition coefficient (Wildman–Crippen LogP) is 4.30. The first kappa shape index (κ1) is 17.6. The van der Waals surface area contributed by atoms with Crippen LogP contribution in [-0.2, 0) is 15.4 Å². The maximum atomic E-state index is 10.8. The summed E-state index contributed by atoms with van der Waals surface area (Å²) in [7, 11) is 0. The van der Waals surface area contributed by atoms with Crippen LogP contribution >= 0.6 is 0 Å². The minimum absolute atomic E-state index is 0.331. The molecule has 0 spiro atoms. The normalized spacial score (nSPS) is 25.2. The lowest BCUT2D eigenvalue weighted by Gasteiger charge is -2.45. The van der Waals surface area contributed by atoms with Gasteiger partial charge in [-0.2, -0.15) is 10.1 Å². The Morgan fingerprint density at radius 3 is 2.08 bits per heavy atom. The molecule has 4 heteroatoms. The third-order valence-corrected chi connectivity index (χ3v) is 4.89. The van der Waals surface area contributed by atoms with Gasteiger partial charge in [-0.05, 0) is 17.5 Å². The van der Waals surface area contributed by atoms with E-state index in [1.807, 2.05) is 67.6 Å². The van der Waals surface area contributed by atoms with Gasteiger partial charge in [0.2, 0.25) is 5.79 Å². The number of hydrogen-bond donors (Lipinski definition) is 1. The van der Waals surface area contributed by atoms with Crippen LogP contribution in [0.4, 0.5) is 0 Å². The van der Waals surface area contributed by atoms with Crippen LogP contribution in [0.3, 0.4) is 0 Å². The molecular weight excluding hydrogens is 314 g/mol. The highest BCUT2D eigenvalue weighted by Crippen LogP contribution is 2.48. The van der Waals surface area contributed by atoms with E-state index in [1.54, 1.807) is 0 Å². The Hall–Kier alpha value is -2.19. The molecule has 0 bridgehead atoms. The van der Waals surface area contributed by atoms with E-state index in [9.17, 15) is 10.4 Å². The second-order valence-corrected chi connectivity index (χ2v) is 6.56. The highest BCUT2D eigenvalue weighted by molar-refractivity contribution is 5.37. The summed E-state index contributed by atoms with van der Waals surface area (Å²) in [6, 6.07) is 21.7. The third kappa shape index (κ3) is 3.32. The number of nitrogens with zero attached hydrogens (tertiary/aromatic N) is 1. The monoisotopic (exact) mass is 337 g/mol. The van der Waals surface area contributed by atoms with Gasteiger partial charge in [-0.3, -0.25) is 0 Å². The molecule has 130 valence electrons. The Balaban J connectivity index is 2.02. The summed E-state index contributed by atoms with van der Waals surface area (Å²) in [5.41, 5.74) is 0.888. The van der Waals surface area contributed by atoms with Gasteiger partial charge in [0, 0.05) is 12.8 Å². The van der Waals surface area contributed by atoms with Crippen LogP contribution in [0, 0.1) is 17.2 Å². The molecule has 0 aliphatic carbocycles. The molecule has 0 radical (unpaired) electrons. The fraction of sp³-hybridized carbons (Fsp3) is 0.381. The van der Waals surface area contributed by atoms with Gasteiger partial charge in [-0.1, -0.05) is 74.0 Å². The van der Waals surface area contributed by atoms with Gasteiger partial charge in [0.1, 0.15) is 5.92 Å². The molecule has 1 fully saturated rings. The van der Waals surface area contributed by atoms with E-state index in [1.165, 1.54) is 0 Å². The highest BCUT2D eigenvalue weighted by atomic mass is 17.2. The maximum Gasteiger partial charge on any atom is 0.215 e. The van der Waals surface area contributed by atoms with Crippen LogP contribution < -0.4 is 0 Å². The summed E-state index contributed by atoms with van der Waals surface area (Å²) in [5, 5.41) is 20.5. The second-order valence-electron chi connectivity index (χ2n) is 6.56. The molecule has 3 rings (SSSR count). The molecule has 1 aliphatic rings. The maximum absolute atomic E-state index is 10.8. The first-order valence-electron chi connectivity index (χ1n) is 8.74. The van der Waals surface area contributed by atoms with Gasteiger partial charge in [-0.15, -0.1) is 0 Å². The Morgan fingerprint density at radius 1 is 1.04 bits per heavy atom. The van der Waals surface area contributed by atoms with E-state index in [-0.39, 0.29) is 0 Å². The zero-order valence-corrected chi connectivity index (χ0v) is 14.4. The lowest BCUT2D eigenvalue weighted by atomic mass is 9.75. The van der Waals surface area contributed by atoms with Crippen LogP contribution in [-0.4, -0.2) is 10.9 Å². The van der Waals surface area contributed by atoms with Gasteiger partial charge in [0.15, 0.2) is 5.60 Å². The highest BCUT2D eigenvalue weighted by Gasteiger charge is 2.53. The van der Waals surface area contributed by atoms with Crippen LogP contribution in [0.15, 0.2) is 60.7 Å². The molecule has 1 heterocycles. The van der Waals surface area contributed by atoms with Gasteiger partial charge < -0.3 is 5.11 Å². The Kier molecular flexibility index (Phi) is 5.19. The smallest absolute Gasteiger partial charge is 0.215 e. The van der Waals surface area contributed by atoms with Crippen LogP contribution in [0.25, 0.3) is 0 Å². The topological polar surface area (TPSA) is 62.5 Å². The lowest BCUT2D eigenvalue weighted by Crippen LogP contribution is -2.52. The fourth-order valence-electron chi connectivity index (χ4n) is 3.39. The summed E-state index contributed by atoms with van der Waals surface area (Å²) >= 11 is 0. The van der Waals surface area contributed by atoms with Crippen molar-refractivity contribution in [1.82, 2.24) is 0 Å². The van der Waals surface area contributed by atoms with Gasteiger partial charge >= 0.3 is 0 Å². The number of aliphatic hydroxyl groups is 1. The number of nitriles is 1. The molecule has 0 amide bonds. The van der Waals surface area contributed by atoms with Crippen LogP contribution in [0.5, 0.6) is 0 Å². The molecule has 25 heavy (non-hydrogen) atoms. The summed E-state index contributed by atoms with van der Waals surface area (Å²) in [5.74, 6) is -2.26. The predicted molar refractivity (Wildman–Crippen MR) is 94.0 cm³/mol. The van der Waals surface area contributed by atoms with Gasteiger partial charge in [-0.25, -0.2) is 4.89 Å². The SMILES string of the molecule is CCCCC1(O)OOC(c2ccccc2)(c2ccccc2)CC1C#N. The van der Waals surface area contributed by atoms with E-state index in [2.05, 4.69) is 6.07 Å². The minimum atomic E-state index is -1.57.